The third kappa shape index (κ3) is 51.2. The normalized spacial score (nSPS) is 13.8. The highest BCUT2D eigenvalue weighted by molar-refractivity contribution is 7.47. The highest BCUT2D eigenvalue weighted by Crippen LogP contribution is 2.43. The topological polar surface area (TPSA) is 108 Å². The predicted molar refractivity (Wildman–Crippen MR) is 275 cm³/mol. The molecule has 0 heterocycles. The summed E-state index contributed by atoms with van der Waals surface area (Å²) < 4.78 is 34.5. The molecule has 65 heavy (non-hydrogen) atoms. The van der Waals surface area contributed by atoms with E-state index in [-0.39, 0.29) is 32.0 Å². The Kier molecular flexibility index (Phi) is 45.6. The van der Waals surface area contributed by atoms with Crippen molar-refractivity contribution in [3.8, 4) is 0 Å². The van der Waals surface area contributed by atoms with Gasteiger partial charge in [-0.15, -0.1) is 0 Å². The molecule has 0 fully saturated rings. The number of carbonyl (C=O) groups excluding carboxylic acids is 2. The number of hydrogen-bond acceptors (Lipinski definition) is 7. The van der Waals surface area contributed by atoms with E-state index < -0.39 is 26.5 Å². The van der Waals surface area contributed by atoms with E-state index in [4.69, 9.17) is 18.5 Å². The van der Waals surface area contributed by atoms with Crippen molar-refractivity contribution in [1.29, 1.82) is 0 Å². The van der Waals surface area contributed by atoms with E-state index in [0.29, 0.717) is 17.4 Å². The highest BCUT2D eigenvalue weighted by atomic mass is 31.2. The number of phosphoric acid groups is 1. The van der Waals surface area contributed by atoms with Gasteiger partial charge in [0.1, 0.15) is 19.8 Å². The lowest BCUT2D eigenvalue weighted by molar-refractivity contribution is -0.870. The number of hydrogen-bond donors (Lipinski definition) is 1. The Morgan fingerprint density at radius 1 is 0.477 bits per heavy atom. The number of phosphoric ester groups is 1. The molecule has 1 N–H and O–H groups in total. The number of quaternary nitrogens is 1. The molecule has 2 unspecified atom stereocenters. The Labute approximate surface area is 401 Å². The average molecular weight is 937 g/mol. The lowest BCUT2D eigenvalue weighted by Crippen LogP contribution is -2.37. The van der Waals surface area contributed by atoms with E-state index >= 15 is 0 Å². The minimum Gasteiger partial charge on any atom is -0.462 e. The molecule has 0 aliphatic rings. The van der Waals surface area contributed by atoms with Crippen LogP contribution in [0.15, 0.2) is 48.6 Å². The van der Waals surface area contributed by atoms with Gasteiger partial charge in [0.15, 0.2) is 6.10 Å². The van der Waals surface area contributed by atoms with E-state index in [1.165, 1.54) is 135 Å². The molecular weight excluding hydrogens is 834 g/mol. The number of ether oxygens (including phenoxy) is 2. The number of carbonyl (C=O) groups is 2. The molecule has 2 atom stereocenters. The summed E-state index contributed by atoms with van der Waals surface area (Å²) in [6.07, 6.45) is 57.3. The first-order valence-electron chi connectivity index (χ1n) is 26.9. The molecule has 0 aromatic heterocycles. The van der Waals surface area contributed by atoms with Gasteiger partial charge in [-0.1, -0.05) is 197 Å². The van der Waals surface area contributed by atoms with Gasteiger partial charge in [-0.2, -0.15) is 0 Å². The first kappa shape index (κ1) is 63.0. The molecular formula is C55H103NO8P+. The number of likely N-dealkylation sites (N-methyl/N-ethyl adjacent to an activating group) is 1. The third-order valence-electron chi connectivity index (χ3n) is 11.6. The number of rotatable bonds is 49. The molecule has 0 spiro atoms. The summed E-state index contributed by atoms with van der Waals surface area (Å²) >= 11 is 0. The van der Waals surface area contributed by atoms with Gasteiger partial charge in [0.2, 0.25) is 0 Å². The van der Waals surface area contributed by atoms with Gasteiger partial charge in [0, 0.05) is 12.8 Å². The second-order valence-corrected chi connectivity index (χ2v) is 20.7. The Morgan fingerprint density at radius 2 is 0.831 bits per heavy atom. The van der Waals surface area contributed by atoms with Gasteiger partial charge >= 0.3 is 19.8 Å². The van der Waals surface area contributed by atoms with Crippen molar-refractivity contribution in [2.24, 2.45) is 0 Å². The number of nitrogens with zero attached hydrogens (tertiary/aromatic N) is 1. The molecule has 0 saturated carbocycles. The maximum Gasteiger partial charge on any atom is 0.472 e. The average Bonchev–Trinajstić information content (AvgIpc) is 3.26. The van der Waals surface area contributed by atoms with Crippen LogP contribution in [-0.4, -0.2) is 74.9 Å². The SMILES string of the molecule is CCCCCCC/C=C\C/C=C\C/C=C\CCCCCCCCCCCCC(=O)OC(COC(=O)CCCCCCC/C=C\CCCCCCCCC)COP(=O)(O)OCC[N+](C)(C)C. The first-order chi connectivity index (χ1) is 31.5. The van der Waals surface area contributed by atoms with E-state index in [1.54, 1.807) is 0 Å². The number of esters is 2. The fourth-order valence-corrected chi connectivity index (χ4v) is 8.11. The van der Waals surface area contributed by atoms with E-state index in [0.717, 1.165) is 70.6 Å². The number of allylic oxidation sites excluding steroid dienone is 8. The molecule has 0 aromatic rings. The maximum absolute atomic E-state index is 12.8. The summed E-state index contributed by atoms with van der Waals surface area (Å²) in [5.41, 5.74) is 0. The quantitative estimate of drug-likeness (QED) is 0.0211. The van der Waals surface area contributed by atoms with Gasteiger partial charge in [0.25, 0.3) is 0 Å². The highest BCUT2D eigenvalue weighted by Gasteiger charge is 2.27. The molecule has 0 aliphatic heterocycles. The van der Waals surface area contributed by atoms with Crippen LogP contribution in [-0.2, 0) is 32.7 Å². The van der Waals surface area contributed by atoms with Crippen LogP contribution in [0.2, 0.25) is 0 Å². The summed E-state index contributed by atoms with van der Waals surface area (Å²) in [6.45, 7) is 4.42. The molecule has 0 saturated heterocycles. The molecule has 0 bridgehead atoms. The van der Waals surface area contributed by atoms with Gasteiger partial charge in [-0.3, -0.25) is 18.6 Å². The molecule has 10 heteroatoms. The van der Waals surface area contributed by atoms with Crippen LogP contribution >= 0.6 is 7.82 Å². The minimum absolute atomic E-state index is 0.0289. The van der Waals surface area contributed by atoms with Gasteiger partial charge in [-0.25, -0.2) is 4.57 Å². The summed E-state index contributed by atoms with van der Waals surface area (Å²) in [6, 6.07) is 0. The van der Waals surface area contributed by atoms with Gasteiger partial charge in [0.05, 0.1) is 27.7 Å². The lowest BCUT2D eigenvalue weighted by Gasteiger charge is -2.24. The van der Waals surface area contributed by atoms with Gasteiger partial charge in [-0.05, 0) is 77.0 Å². The largest absolute Gasteiger partial charge is 0.472 e. The van der Waals surface area contributed by atoms with Crippen molar-refractivity contribution in [2.45, 2.75) is 245 Å². The molecule has 0 rings (SSSR count). The molecule has 380 valence electrons. The van der Waals surface area contributed by atoms with Crippen molar-refractivity contribution in [1.82, 2.24) is 0 Å². The Morgan fingerprint density at radius 3 is 1.25 bits per heavy atom. The Bertz CT molecular complexity index is 1240. The van der Waals surface area contributed by atoms with Crippen molar-refractivity contribution in [2.75, 3.05) is 47.5 Å². The van der Waals surface area contributed by atoms with Crippen LogP contribution in [0.1, 0.15) is 239 Å². The minimum atomic E-state index is -4.38. The monoisotopic (exact) mass is 937 g/mol. The fraction of sp³-hybridized carbons (Fsp3) is 0.818. The molecule has 0 aliphatic carbocycles. The third-order valence-corrected chi connectivity index (χ3v) is 12.6. The van der Waals surface area contributed by atoms with E-state index in [2.05, 4.69) is 62.5 Å². The molecule has 9 nitrogen and oxygen atoms in total. The van der Waals surface area contributed by atoms with Crippen LogP contribution in [0.25, 0.3) is 0 Å². The Balaban J connectivity index is 4.22. The number of unbranched alkanes of at least 4 members (excludes halogenated alkanes) is 27. The molecule has 0 aromatic carbocycles. The van der Waals surface area contributed by atoms with E-state index in [9.17, 15) is 19.0 Å². The smallest absolute Gasteiger partial charge is 0.462 e. The summed E-state index contributed by atoms with van der Waals surface area (Å²) in [5, 5.41) is 0. The molecule has 0 amide bonds. The first-order valence-corrected chi connectivity index (χ1v) is 28.4. The van der Waals surface area contributed by atoms with Crippen molar-refractivity contribution >= 4 is 19.8 Å². The van der Waals surface area contributed by atoms with Crippen LogP contribution in [0, 0.1) is 0 Å². The van der Waals surface area contributed by atoms with Crippen LogP contribution in [0.3, 0.4) is 0 Å². The molecule has 0 radical (unpaired) electrons. The second-order valence-electron chi connectivity index (χ2n) is 19.3. The maximum atomic E-state index is 12.8. The van der Waals surface area contributed by atoms with Crippen LogP contribution in [0.5, 0.6) is 0 Å². The summed E-state index contributed by atoms with van der Waals surface area (Å²) in [4.78, 5) is 35.6. The van der Waals surface area contributed by atoms with Crippen molar-refractivity contribution in [3.05, 3.63) is 48.6 Å². The van der Waals surface area contributed by atoms with Gasteiger partial charge < -0.3 is 18.9 Å². The predicted octanol–water partition coefficient (Wildman–Crippen LogP) is 16.2. The summed E-state index contributed by atoms with van der Waals surface area (Å²) in [5.74, 6) is -0.807. The summed E-state index contributed by atoms with van der Waals surface area (Å²) in [7, 11) is 1.47. The van der Waals surface area contributed by atoms with Crippen LogP contribution in [0.4, 0.5) is 0 Å². The lowest BCUT2D eigenvalue weighted by atomic mass is 10.0. The second kappa shape index (κ2) is 47.1. The fourth-order valence-electron chi connectivity index (χ4n) is 7.37. The standard InChI is InChI=1S/C55H102NO8P/c1-6-8-10-12-14-16-18-20-22-24-25-26-27-28-29-30-31-32-34-36-38-40-42-44-46-48-55(58)64-53(52-63-65(59,60)62-50-49-56(3,4)5)51-61-54(57)47-45-43-41-39-37-35-33-23-21-19-17-15-13-11-9-7-2/h18,20,23-25,27-28,33,53H,6-17,19,21-22,26,29-32,34-52H2,1-5H3/p+1/b20-18-,25-24-,28-27-,33-23-. The zero-order valence-electron chi connectivity index (χ0n) is 43.0. The van der Waals surface area contributed by atoms with E-state index in [1.807, 2.05) is 21.1 Å². The van der Waals surface area contributed by atoms with Crippen molar-refractivity contribution < 1.29 is 42.1 Å². The van der Waals surface area contributed by atoms with Crippen LogP contribution < -0.4 is 0 Å². The Hall–Kier alpha value is -2.03. The van der Waals surface area contributed by atoms with Crippen molar-refractivity contribution in [3.63, 3.8) is 0 Å². The zero-order chi connectivity index (χ0) is 47.8. The zero-order valence-corrected chi connectivity index (χ0v) is 43.9.